The van der Waals surface area contributed by atoms with Gasteiger partial charge in [-0.1, -0.05) is 35.9 Å². The van der Waals surface area contributed by atoms with Crippen LogP contribution >= 0.6 is 11.6 Å². The zero-order valence-corrected chi connectivity index (χ0v) is 32.6. The second kappa shape index (κ2) is 23.4. The molecule has 3 aromatic carbocycles. The number of nitrogens with zero attached hydrogens (tertiary/aromatic N) is 1. The minimum absolute atomic E-state index is 0.0112. The molecule has 1 fully saturated rings. The number of nitriles is 1. The summed E-state index contributed by atoms with van der Waals surface area (Å²) in [6.45, 7) is 13.0. The van der Waals surface area contributed by atoms with E-state index >= 15 is 0 Å². The summed E-state index contributed by atoms with van der Waals surface area (Å²) in [4.78, 5) is 24.2. The molecule has 1 N–H and O–H groups in total. The van der Waals surface area contributed by atoms with Gasteiger partial charge in [0, 0.05) is 17.9 Å². The third kappa shape index (κ3) is 16.7. The summed E-state index contributed by atoms with van der Waals surface area (Å²) >= 11 is 5.87. The number of hydrogen-bond acceptors (Lipinski definition) is 12. The van der Waals surface area contributed by atoms with Gasteiger partial charge < -0.3 is 43.0 Å². The number of aliphatic hydroxyl groups is 1. The van der Waals surface area contributed by atoms with Gasteiger partial charge in [-0.15, -0.1) is 0 Å². The molecular formula is C41H52ClNO11. The van der Waals surface area contributed by atoms with Crippen LogP contribution in [0.3, 0.4) is 0 Å². The molecule has 12 nitrogen and oxygen atoms in total. The molecule has 0 unspecified atom stereocenters. The van der Waals surface area contributed by atoms with E-state index in [2.05, 4.69) is 0 Å². The summed E-state index contributed by atoms with van der Waals surface area (Å²) in [5.41, 5.74) is 2.11. The van der Waals surface area contributed by atoms with E-state index in [0.29, 0.717) is 42.6 Å². The number of benzene rings is 3. The number of carbonyl (C=O) groups excluding carboxylic acids is 2. The Morgan fingerprint density at radius 1 is 0.815 bits per heavy atom. The maximum Gasteiger partial charge on any atom is 0.335 e. The summed E-state index contributed by atoms with van der Waals surface area (Å²) in [5, 5.41) is 19.8. The number of rotatable bonds is 21. The largest absolute Gasteiger partial charge is 0.491 e. The number of halogens is 1. The molecule has 0 aromatic heterocycles. The van der Waals surface area contributed by atoms with Gasteiger partial charge in [-0.2, -0.15) is 5.26 Å². The highest BCUT2D eigenvalue weighted by atomic mass is 35.5. The lowest BCUT2D eigenvalue weighted by Gasteiger charge is -2.19. The molecule has 1 saturated heterocycles. The van der Waals surface area contributed by atoms with Crippen LogP contribution in [0.15, 0.2) is 66.7 Å². The smallest absolute Gasteiger partial charge is 0.335 e. The van der Waals surface area contributed by atoms with Crippen LogP contribution in [-0.2, 0) is 46.1 Å². The first-order valence-electron chi connectivity index (χ1n) is 18.1. The van der Waals surface area contributed by atoms with Gasteiger partial charge in [0.15, 0.2) is 12.2 Å². The molecule has 13 heteroatoms. The molecule has 0 amide bonds. The molecular weight excluding hydrogens is 718 g/mol. The lowest BCUT2D eigenvalue weighted by molar-refractivity contribution is -0.160. The van der Waals surface area contributed by atoms with Crippen LogP contribution in [0, 0.1) is 11.3 Å². The average molecular weight is 770 g/mol. The van der Waals surface area contributed by atoms with Gasteiger partial charge in [0.25, 0.3) is 0 Å². The third-order valence-electron chi connectivity index (χ3n) is 7.38. The Bertz CT molecular complexity index is 1640. The number of ether oxygens (including phenoxy) is 8. The van der Waals surface area contributed by atoms with Crippen molar-refractivity contribution in [1.82, 2.24) is 0 Å². The zero-order valence-electron chi connectivity index (χ0n) is 31.8. The highest BCUT2D eigenvalue weighted by Gasteiger charge is 2.25. The van der Waals surface area contributed by atoms with E-state index in [4.69, 9.17) is 54.8 Å². The van der Waals surface area contributed by atoms with E-state index in [1.165, 1.54) is 6.07 Å². The Balaban J connectivity index is 0.000000311. The van der Waals surface area contributed by atoms with Crippen LogP contribution in [0.5, 0.6) is 17.2 Å². The van der Waals surface area contributed by atoms with Crippen LogP contribution in [0.2, 0.25) is 5.02 Å². The number of aliphatic hydroxyl groups excluding tert-OH is 1. The highest BCUT2D eigenvalue weighted by molar-refractivity contribution is 6.30. The standard InChI is InChI=1S/C24H28ClNO6.C17H24O5/c1-4-29-24(28)23(32-16(2)3)11-17-6-5-7-21(10-17)30-14-20(27)15-31-22-9-8-19(25)12-18(22)13-26;1-4-19-17(18)16(22-12(2)3)9-13-6-5-7-14(8-13)20-10-15-11-21-15/h5-10,12,16,20,23,27H,4,11,14-15H2,1-3H3;5-8,12,15-16H,4,9-11H2,1-3H3/t20-,23+;15-,16+/m11/s1. The van der Waals surface area contributed by atoms with Crippen molar-refractivity contribution in [2.45, 2.75) is 91.0 Å². The Labute approximate surface area is 323 Å². The zero-order chi connectivity index (χ0) is 39.5. The number of hydrogen-bond donors (Lipinski definition) is 1. The molecule has 0 spiro atoms. The first kappa shape index (κ1) is 44.0. The summed E-state index contributed by atoms with van der Waals surface area (Å²) in [5.74, 6) is 0.930. The first-order chi connectivity index (χ1) is 25.9. The monoisotopic (exact) mass is 769 g/mol. The minimum Gasteiger partial charge on any atom is -0.491 e. The van der Waals surface area contributed by atoms with Crippen molar-refractivity contribution in [2.75, 3.05) is 39.6 Å². The highest BCUT2D eigenvalue weighted by Crippen LogP contribution is 2.23. The second-order valence-electron chi connectivity index (χ2n) is 12.8. The fourth-order valence-electron chi connectivity index (χ4n) is 4.95. The SMILES string of the molecule is CCOC(=O)[C@H](Cc1cccc(OC[C@@H](O)COc2ccc(Cl)cc2C#N)c1)OC(C)C.CCOC(=O)[C@H](Cc1cccc(OC[C@@H]2CO2)c1)OC(C)C. The van der Waals surface area contributed by atoms with E-state index in [0.717, 1.165) is 23.5 Å². The van der Waals surface area contributed by atoms with E-state index in [-0.39, 0.29) is 49.7 Å². The quantitative estimate of drug-likeness (QED) is 0.0956. The molecule has 1 heterocycles. The first-order valence-corrected chi connectivity index (χ1v) is 18.5. The van der Waals surface area contributed by atoms with Crippen LogP contribution in [0.4, 0.5) is 0 Å². The Hall–Kier alpha value is -4.38. The molecule has 0 bridgehead atoms. The molecule has 1 aliphatic rings. The van der Waals surface area contributed by atoms with E-state index in [1.54, 1.807) is 44.2 Å². The lowest BCUT2D eigenvalue weighted by Crippen LogP contribution is -2.31. The van der Waals surface area contributed by atoms with Crippen LogP contribution in [-0.4, -0.2) is 93.3 Å². The molecule has 0 aliphatic carbocycles. The van der Waals surface area contributed by atoms with Crippen LogP contribution in [0.1, 0.15) is 58.2 Å². The fraction of sp³-hybridized carbons (Fsp3) is 0.488. The van der Waals surface area contributed by atoms with E-state index < -0.39 is 24.3 Å². The molecule has 1 aliphatic heterocycles. The van der Waals surface area contributed by atoms with Crippen molar-refractivity contribution < 1.29 is 52.6 Å². The van der Waals surface area contributed by atoms with E-state index in [1.807, 2.05) is 64.1 Å². The van der Waals surface area contributed by atoms with Crippen molar-refractivity contribution in [3.05, 3.63) is 88.4 Å². The van der Waals surface area contributed by atoms with Crippen LogP contribution in [0.25, 0.3) is 0 Å². The Morgan fingerprint density at radius 2 is 1.33 bits per heavy atom. The Kier molecular flexibility index (Phi) is 19.1. The van der Waals surface area contributed by atoms with E-state index in [9.17, 15) is 14.7 Å². The van der Waals surface area contributed by atoms with Gasteiger partial charge in [-0.3, -0.25) is 0 Å². The van der Waals surface area contributed by atoms with Crippen molar-refractivity contribution in [3.8, 4) is 23.3 Å². The van der Waals surface area contributed by atoms with Gasteiger partial charge in [-0.05, 0) is 95.1 Å². The normalized spacial score (nSPS) is 14.9. The van der Waals surface area contributed by atoms with Crippen molar-refractivity contribution in [2.24, 2.45) is 0 Å². The van der Waals surface area contributed by atoms with Crippen molar-refractivity contribution >= 4 is 23.5 Å². The molecule has 0 saturated carbocycles. The second-order valence-corrected chi connectivity index (χ2v) is 13.3. The summed E-state index contributed by atoms with van der Waals surface area (Å²) in [7, 11) is 0. The average Bonchev–Trinajstić information content (AvgIpc) is 3.97. The van der Waals surface area contributed by atoms with Gasteiger partial charge in [0.1, 0.15) is 55.3 Å². The number of esters is 2. The molecule has 294 valence electrons. The summed E-state index contributed by atoms with van der Waals surface area (Å²) in [6, 6.07) is 21.6. The maximum atomic E-state index is 12.2. The molecule has 4 rings (SSSR count). The molecule has 3 aromatic rings. The van der Waals surface area contributed by atoms with Crippen molar-refractivity contribution in [3.63, 3.8) is 0 Å². The van der Waals surface area contributed by atoms with Gasteiger partial charge in [-0.25, -0.2) is 9.59 Å². The maximum absolute atomic E-state index is 12.2. The molecule has 0 radical (unpaired) electrons. The molecule has 4 atom stereocenters. The van der Waals surface area contributed by atoms with Gasteiger partial charge >= 0.3 is 11.9 Å². The fourth-order valence-corrected chi connectivity index (χ4v) is 5.12. The topological polar surface area (TPSA) is 155 Å². The third-order valence-corrected chi connectivity index (χ3v) is 7.62. The summed E-state index contributed by atoms with van der Waals surface area (Å²) in [6.07, 6.45) is -1.36. The Morgan fingerprint density at radius 3 is 1.81 bits per heavy atom. The lowest BCUT2D eigenvalue weighted by atomic mass is 10.1. The van der Waals surface area contributed by atoms with Crippen molar-refractivity contribution in [1.29, 1.82) is 5.26 Å². The number of carbonyl (C=O) groups is 2. The van der Waals surface area contributed by atoms with Gasteiger partial charge in [0.05, 0.1) is 37.6 Å². The summed E-state index contributed by atoms with van der Waals surface area (Å²) < 4.78 is 43.5. The molecule has 54 heavy (non-hydrogen) atoms. The predicted octanol–water partition coefficient (Wildman–Crippen LogP) is 6.29. The predicted molar refractivity (Wildman–Crippen MR) is 202 cm³/mol. The van der Waals surface area contributed by atoms with Gasteiger partial charge in [0.2, 0.25) is 0 Å². The van der Waals surface area contributed by atoms with Crippen LogP contribution < -0.4 is 14.2 Å². The number of epoxide rings is 1. The minimum atomic E-state index is -0.919.